The van der Waals surface area contributed by atoms with Crippen molar-refractivity contribution in [2.45, 2.75) is 106 Å². The zero-order chi connectivity index (χ0) is 47.0. The van der Waals surface area contributed by atoms with E-state index in [1.54, 1.807) is 49.6 Å². The number of H-pyrrole nitrogens is 2. The van der Waals surface area contributed by atoms with Crippen LogP contribution in [0.2, 0.25) is 0 Å². The molecule has 7 amide bonds. The molecule has 3 aliphatic heterocycles. The molecule has 1 aliphatic carbocycles. The maximum atomic E-state index is 15.1. The number of nitrogens with two attached hydrogens (primary N) is 1. The van der Waals surface area contributed by atoms with Gasteiger partial charge in [-0.05, 0) is 68.0 Å². The Morgan fingerprint density at radius 2 is 1.34 bits per heavy atom. The van der Waals surface area contributed by atoms with Gasteiger partial charge in [-0.15, -0.1) is 0 Å². The maximum Gasteiger partial charge on any atom is 0.247 e. The van der Waals surface area contributed by atoms with E-state index >= 15 is 4.79 Å². The molecule has 5 aromatic rings. The van der Waals surface area contributed by atoms with Crippen LogP contribution in [0.1, 0.15) is 56.6 Å². The number of aliphatic hydroxyl groups is 1. The summed E-state index contributed by atoms with van der Waals surface area (Å²) >= 11 is 0. The van der Waals surface area contributed by atoms with Crippen LogP contribution in [0, 0.1) is 5.92 Å². The highest BCUT2D eigenvalue weighted by atomic mass is 16.3. The molecule has 3 aromatic carbocycles. The normalized spacial score (nSPS) is 26.6. The second-order valence-corrected chi connectivity index (χ2v) is 18.4. The highest BCUT2D eigenvalue weighted by Gasteiger charge is 2.54. The van der Waals surface area contributed by atoms with Crippen molar-refractivity contribution >= 4 is 68.8 Å². The van der Waals surface area contributed by atoms with Gasteiger partial charge >= 0.3 is 0 Å². The highest BCUT2D eigenvalue weighted by Crippen LogP contribution is 2.34. The van der Waals surface area contributed by atoms with E-state index in [0.29, 0.717) is 30.5 Å². The molecule has 0 bridgehead atoms. The molecular weight excluding hydrogens is 857 g/mol. The third-order valence-corrected chi connectivity index (χ3v) is 14.0. The van der Waals surface area contributed by atoms with E-state index in [9.17, 15) is 33.9 Å². The van der Waals surface area contributed by atoms with Crippen LogP contribution in [0.3, 0.4) is 0 Å². The molecule has 9 rings (SSSR count). The highest BCUT2D eigenvalue weighted by molar-refractivity contribution is 6.04. The first kappa shape index (κ1) is 45.1. The van der Waals surface area contributed by atoms with Crippen molar-refractivity contribution in [3.05, 3.63) is 102 Å². The number of nitrogens with zero attached hydrogens (tertiary/aromatic N) is 2. The summed E-state index contributed by atoms with van der Waals surface area (Å²) in [5.41, 5.74) is 8.30. The first-order valence-electron chi connectivity index (χ1n) is 23.1. The Morgan fingerprint density at radius 1 is 0.746 bits per heavy atom. The lowest BCUT2D eigenvalue weighted by Gasteiger charge is -2.36. The van der Waals surface area contributed by atoms with Gasteiger partial charge in [0.15, 0.2) is 0 Å². The fourth-order valence-electron chi connectivity index (χ4n) is 10.5. The molecule has 350 valence electrons. The summed E-state index contributed by atoms with van der Waals surface area (Å²) in [6.45, 7) is 1.23. The standard InChI is InChI=1S/C49H56N10O8/c1-27(50)40-47(66)58-21-11-18-37(58)46(65)59-26-38(60)39(44(63)53-30-12-3-2-4-13-30)41(59)45(64)54-36(23-29-25-52-34-17-8-6-15-32(29)34)43(62)57-49(19-9-10-20-49)48(67)55-35(42(61)56-40)22-28-24-51-33-16-7-5-14-31(28)33/h2-8,12-17,24-25,27,35-41,51-52,60H,9-11,18-23,26,50H2,1H3,(H,53,63)(H,54,64)(H,55,67)(H,56,61)(H,57,62)/t27?,35-,36-,37+,38-,39?,40-,41-/m0/s1. The zero-order valence-electron chi connectivity index (χ0n) is 37.1. The molecule has 2 unspecified atom stereocenters. The number of carbonyl (C=O) groups is 7. The number of anilines is 1. The van der Waals surface area contributed by atoms with E-state index < -0.39 is 102 Å². The Kier molecular flexibility index (Phi) is 12.6. The van der Waals surface area contributed by atoms with Gasteiger partial charge in [-0.3, -0.25) is 33.6 Å². The largest absolute Gasteiger partial charge is 0.390 e. The van der Waals surface area contributed by atoms with Crippen LogP contribution < -0.4 is 32.3 Å². The average Bonchev–Trinajstić information content (AvgIpc) is 4.18. The zero-order valence-corrected chi connectivity index (χ0v) is 37.1. The van der Waals surface area contributed by atoms with E-state index in [1.807, 2.05) is 48.5 Å². The van der Waals surface area contributed by atoms with Crippen molar-refractivity contribution in [2.24, 2.45) is 11.7 Å². The third-order valence-electron chi connectivity index (χ3n) is 14.0. The van der Waals surface area contributed by atoms with Gasteiger partial charge in [-0.2, -0.15) is 0 Å². The first-order chi connectivity index (χ1) is 32.3. The summed E-state index contributed by atoms with van der Waals surface area (Å²) in [5, 5.41) is 27.7. The number of aromatic nitrogens is 2. The molecule has 10 N–H and O–H groups in total. The second-order valence-electron chi connectivity index (χ2n) is 18.4. The number of nitrogens with one attached hydrogen (secondary N) is 7. The number of fused-ring (bicyclic) bond motifs is 4. The van der Waals surface area contributed by atoms with Gasteiger partial charge in [0.1, 0.15) is 35.7 Å². The Labute approximate surface area is 386 Å². The Balaban J connectivity index is 1.13. The smallest absolute Gasteiger partial charge is 0.247 e. The summed E-state index contributed by atoms with van der Waals surface area (Å²) in [6, 6.07) is 15.7. The number of para-hydroxylation sites is 3. The van der Waals surface area contributed by atoms with Gasteiger partial charge in [0, 0.05) is 71.9 Å². The molecule has 18 nitrogen and oxygen atoms in total. The molecule has 67 heavy (non-hydrogen) atoms. The summed E-state index contributed by atoms with van der Waals surface area (Å²) in [4.78, 5) is 112. The molecule has 4 aliphatic rings. The molecule has 5 heterocycles. The van der Waals surface area contributed by atoms with Crippen molar-refractivity contribution in [1.29, 1.82) is 0 Å². The predicted octanol–water partition coefficient (Wildman–Crippen LogP) is 1.50. The van der Waals surface area contributed by atoms with Gasteiger partial charge in [-0.1, -0.05) is 67.4 Å². The fraction of sp³-hybridized carbons (Fsp3) is 0.408. The lowest BCUT2D eigenvalue weighted by Crippen LogP contribution is -2.66. The van der Waals surface area contributed by atoms with Crippen LogP contribution in [-0.4, -0.2) is 127 Å². The van der Waals surface area contributed by atoms with Crippen LogP contribution >= 0.6 is 0 Å². The predicted molar refractivity (Wildman–Crippen MR) is 248 cm³/mol. The van der Waals surface area contributed by atoms with Gasteiger partial charge in [0.25, 0.3) is 0 Å². The Bertz CT molecular complexity index is 2710. The number of benzene rings is 3. The van der Waals surface area contributed by atoms with Crippen molar-refractivity contribution in [1.82, 2.24) is 41.0 Å². The van der Waals surface area contributed by atoms with Crippen molar-refractivity contribution in [3.8, 4) is 0 Å². The van der Waals surface area contributed by atoms with Gasteiger partial charge in [0.05, 0.1) is 12.0 Å². The van der Waals surface area contributed by atoms with Crippen molar-refractivity contribution < 1.29 is 38.7 Å². The minimum absolute atomic E-state index is 0.00718. The van der Waals surface area contributed by atoms with Gasteiger partial charge < -0.3 is 57.2 Å². The molecule has 1 saturated carbocycles. The van der Waals surface area contributed by atoms with Crippen molar-refractivity contribution in [3.63, 3.8) is 0 Å². The lowest BCUT2D eigenvalue weighted by atomic mass is 9.92. The lowest BCUT2D eigenvalue weighted by molar-refractivity contribution is -0.149. The average molecular weight is 913 g/mol. The van der Waals surface area contributed by atoms with Crippen LogP contribution in [0.5, 0.6) is 0 Å². The fourth-order valence-corrected chi connectivity index (χ4v) is 10.5. The molecule has 4 fully saturated rings. The second kappa shape index (κ2) is 18.7. The minimum atomic E-state index is -1.64. The SMILES string of the molecule is CC(N)[C@@H]1NC(=O)[C@H](Cc2c[nH]c3ccccc23)NC(=O)C2(CCCC2)NC(=O)[C@H](Cc2c[nH]c3ccccc23)NC(=O)[C@@H]2C(C(=O)Nc3ccccc3)[C@@H](O)CN2C(=O)[C@H]2CCCN2C1=O. The number of hydrogen-bond acceptors (Lipinski definition) is 9. The quantitative estimate of drug-likeness (QED) is 0.114. The molecular formula is C49H56N10O8. The van der Waals surface area contributed by atoms with Crippen LogP contribution in [0.25, 0.3) is 21.8 Å². The monoisotopic (exact) mass is 912 g/mol. The maximum absolute atomic E-state index is 15.1. The number of aromatic amines is 2. The van der Waals surface area contributed by atoms with Gasteiger partial charge in [0.2, 0.25) is 41.4 Å². The molecule has 3 saturated heterocycles. The van der Waals surface area contributed by atoms with E-state index in [4.69, 9.17) is 5.73 Å². The molecule has 2 aromatic heterocycles. The van der Waals surface area contributed by atoms with E-state index in [-0.39, 0.29) is 38.6 Å². The topological polar surface area (TPSA) is 264 Å². The van der Waals surface area contributed by atoms with Crippen molar-refractivity contribution in [2.75, 3.05) is 18.4 Å². The molecule has 18 heteroatoms. The number of amides is 7. The number of hydrogen-bond donors (Lipinski definition) is 9. The summed E-state index contributed by atoms with van der Waals surface area (Å²) in [5.74, 6) is -6.49. The molecule has 0 radical (unpaired) electrons. The van der Waals surface area contributed by atoms with Crippen LogP contribution in [-0.2, 0) is 46.4 Å². The van der Waals surface area contributed by atoms with Crippen LogP contribution in [0.4, 0.5) is 5.69 Å². The summed E-state index contributed by atoms with van der Waals surface area (Å²) in [7, 11) is 0. The third kappa shape index (κ3) is 8.85. The molecule has 8 atom stereocenters. The number of rotatable bonds is 7. The van der Waals surface area contributed by atoms with E-state index in [0.717, 1.165) is 32.3 Å². The summed E-state index contributed by atoms with van der Waals surface area (Å²) < 4.78 is 0. The van der Waals surface area contributed by atoms with E-state index in [1.165, 1.54) is 4.90 Å². The van der Waals surface area contributed by atoms with Crippen LogP contribution in [0.15, 0.2) is 91.3 Å². The Morgan fingerprint density at radius 3 is 1.97 bits per heavy atom. The first-order valence-corrected chi connectivity index (χ1v) is 23.1. The minimum Gasteiger partial charge on any atom is -0.390 e. The summed E-state index contributed by atoms with van der Waals surface area (Å²) in [6.07, 6.45) is 4.04. The number of aliphatic hydroxyl groups excluding tert-OH is 1. The van der Waals surface area contributed by atoms with Gasteiger partial charge in [-0.25, -0.2) is 0 Å². The Hall–Kier alpha value is -7.05. The van der Waals surface area contributed by atoms with E-state index in [2.05, 4.69) is 36.6 Å². The number of carbonyl (C=O) groups excluding carboxylic acids is 7. The molecule has 1 spiro atoms.